The predicted octanol–water partition coefficient (Wildman–Crippen LogP) is 2.69. The maximum atomic E-state index is 11.6. The van der Waals surface area contributed by atoms with Crippen molar-refractivity contribution < 1.29 is 14.3 Å². The number of anilines is 1. The van der Waals surface area contributed by atoms with E-state index >= 15 is 0 Å². The molecule has 0 spiro atoms. The van der Waals surface area contributed by atoms with Gasteiger partial charge in [-0.05, 0) is 44.5 Å². The molecule has 4 heteroatoms. The molecule has 1 amide bonds. The molecule has 2 rings (SSSR count). The van der Waals surface area contributed by atoms with E-state index in [4.69, 9.17) is 4.74 Å². The van der Waals surface area contributed by atoms with E-state index in [9.17, 15) is 9.59 Å². The number of ether oxygens (including phenoxy) is 1. The van der Waals surface area contributed by atoms with Crippen LogP contribution in [0.4, 0.5) is 5.69 Å². The van der Waals surface area contributed by atoms with Gasteiger partial charge in [0.25, 0.3) is 0 Å². The average molecular weight is 259 g/mol. The number of carbonyl (C=O) groups excluding carboxylic acids is 2. The highest BCUT2D eigenvalue weighted by atomic mass is 16.5. The van der Waals surface area contributed by atoms with Crippen LogP contribution >= 0.6 is 0 Å². The number of carbonyl (C=O) groups is 2. The SMILES string of the molecule is CC(C)=CC(=O)Oc1ccc(N2CCCC2=O)cc1. The van der Waals surface area contributed by atoms with Gasteiger partial charge in [0.1, 0.15) is 5.75 Å². The summed E-state index contributed by atoms with van der Waals surface area (Å²) in [5.41, 5.74) is 1.74. The minimum atomic E-state index is -0.384. The van der Waals surface area contributed by atoms with Crippen molar-refractivity contribution in [1.82, 2.24) is 0 Å². The third-order valence-corrected chi connectivity index (χ3v) is 2.85. The van der Waals surface area contributed by atoms with E-state index in [2.05, 4.69) is 0 Å². The number of esters is 1. The first-order valence-corrected chi connectivity index (χ1v) is 6.33. The highest BCUT2D eigenvalue weighted by molar-refractivity contribution is 5.95. The van der Waals surface area contributed by atoms with Crippen molar-refractivity contribution in [2.75, 3.05) is 11.4 Å². The predicted molar refractivity (Wildman–Crippen MR) is 73.1 cm³/mol. The Bertz CT molecular complexity index is 513. The zero-order valence-corrected chi connectivity index (χ0v) is 11.2. The van der Waals surface area contributed by atoms with Crippen LogP contribution in [-0.2, 0) is 9.59 Å². The summed E-state index contributed by atoms with van der Waals surface area (Å²) in [4.78, 5) is 24.8. The number of hydrogen-bond acceptors (Lipinski definition) is 3. The summed E-state index contributed by atoms with van der Waals surface area (Å²) in [6.07, 6.45) is 2.95. The van der Waals surface area contributed by atoms with Crippen molar-refractivity contribution in [3.05, 3.63) is 35.9 Å². The molecular weight excluding hydrogens is 242 g/mol. The molecule has 0 N–H and O–H groups in total. The maximum absolute atomic E-state index is 11.6. The topological polar surface area (TPSA) is 46.6 Å². The number of hydrogen-bond donors (Lipinski definition) is 0. The lowest BCUT2D eigenvalue weighted by Crippen LogP contribution is -2.23. The van der Waals surface area contributed by atoms with Crippen molar-refractivity contribution >= 4 is 17.6 Å². The largest absolute Gasteiger partial charge is 0.423 e. The molecule has 19 heavy (non-hydrogen) atoms. The van der Waals surface area contributed by atoms with E-state index in [1.165, 1.54) is 6.08 Å². The van der Waals surface area contributed by atoms with E-state index < -0.39 is 0 Å². The van der Waals surface area contributed by atoms with Crippen molar-refractivity contribution in [2.45, 2.75) is 26.7 Å². The smallest absolute Gasteiger partial charge is 0.336 e. The summed E-state index contributed by atoms with van der Waals surface area (Å²) in [6.45, 7) is 4.43. The van der Waals surface area contributed by atoms with E-state index in [-0.39, 0.29) is 11.9 Å². The number of benzene rings is 1. The molecule has 0 saturated carbocycles. The summed E-state index contributed by atoms with van der Waals surface area (Å²) in [5.74, 6) is 0.247. The standard InChI is InChI=1S/C15H17NO3/c1-11(2)10-15(18)19-13-7-5-12(6-8-13)16-9-3-4-14(16)17/h5-8,10H,3-4,9H2,1-2H3. The maximum Gasteiger partial charge on any atom is 0.336 e. The summed E-state index contributed by atoms with van der Waals surface area (Å²) in [7, 11) is 0. The van der Waals surface area contributed by atoms with Crippen molar-refractivity contribution in [3.63, 3.8) is 0 Å². The van der Waals surface area contributed by atoms with Crippen molar-refractivity contribution in [3.8, 4) is 5.75 Å². The van der Waals surface area contributed by atoms with Crippen LogP contribution in [-0.4, -0.2) is 18.4 Å². The molecule has 1 aromatic carbocycles. The Balaban J connectivity index is 2.04. The first-order chi connectivity index (χ1) is 9.06. The van der Waals surface area contributed by atoms with Crippen LogP contribution in [0.15, 0.2) is 35.9 Å². The van der Waals surface area contributed by atoms with Crippen LogP contribution in [0.1, 0.15) is 26.7 Å². The van der Waals surface area contributed by atoms with Gasteiger partial charge in [-0.3, -0.25) is 4.79 Å². The normalized spacial score (nSPS) is 14.4. The highest BCUT2D eigenvalue weighted by Crippen LogP contribution is 2.23. The molecular formula is C15H17NO3. The van der Waals surface area contributed by atoms with Gasteiger partial charge < -0.3 is 9.64 Å². The molecule has 0 bridgehead atoms. The molecule has 0 aromatic heterocycles. The summed E-state index contributed by atoms with van der Waals surface area (Å²) >= 11 is 0. The summed E-state index contributed by atoms with van der Waals surface area (Å²) < 4.78 is 5.15. The van der Waals surface area contributed by atoms with Gasteiger partial charge in [0.2, 0.25) is 5.91 Å². The minimum absolute atomic E-state index is 0.147. The fourth-order valence-corrected chi connectivity index (χ4v) is 2.00. The van der Waals surface area contributed by atoms with Gasteiger partial charge in [0.15, 0.2) is 0 Å². The van der Waals surface area contributed by atoms with E-state index in [1.54, 1.807) is 29.2 Å². The molecule has 1 saturated heterocycles. The van der Waals surface area contributed by atoms with Crippen LogP contribution in [0.5, 0.6) is 5.75 Å². The molecule has 1 aliphatic heterocycles. The second kappa shape index (κ2) is 5.69. The van der Waals surface area contributed by atoms with Crippen LogP contribution in [0.3, 0.4) is 0 Å². The Morgan fingerprint density at radius 3 is 2.47 bits per heavy atom. The number of amides is 1. The molecule has 100 valence electrons. The fourth-order valence-electron chi connectivity index (χ4n) is 2.00. The van der Waals surface area contributed by atoms with E-state index in [1.807, 2.05) is 13.8 Å². The molecule has 1 heterocycles. The second-order valence-corrected chi connectivity index (χ2v) is 4.79. The molecule has 0 unspecified atom stereocenters. The quantitative estimate of drug-likeness (QED) is 0.476. The average Bonchev–Trinajstić information content (AvgIpc) is 2.75. The molecule has 1 aliphatic rings. The summed E-state index contributed by atoms with van der Waals surface area (Å²) in [6, 6.07) is 7.01. The zero-order chi connectivity index (χ0) is 13.8. The zero-order valence-electron chi connectivity index (χ0n) is 11.2. The Morgan fingerprint density at radius 1 is 1.26 bits per heavy atom. The Morgan fingerprint density at radius 2 is 1.95 bits per heavy atom. The number of nitrogens with zero attached hydrogens (tertiary/aromatic N) is 1. The molecule has 1 fully saturated rings. The van der Waals surface area contributed by atoms with Crippen molar-refractivity contribution in [2.24, 2.45) is 0 Å². The number of allylic oxidation sites excluding steroid dienone is 1. The highest BCUT2D eigenvalue weighted by Gasteiger charge is 2.21. The molecule has 0 radical (unpaired) electrons. The molecule has 0 aliphatic carbocycles. The Labute approximate surface area is 112 Å². The third kappa shape index (κ3) is 3.44. The lowest BCUT2D eigenvalue weighted by molar-refractivity contribution is -0.129. The van der Waals surface area contributed by atoms with Crippen LogP contribution in [0.25, 0.3) is 0 Å². The van der Waals surface area contributed by atoms with E-state index in [0.29, 0.717) is 12.2 Å². The van der Waals surface area contributed by atoms with Gasteiger partial charge in [-0.2, -0.15) is 0 Å². The monoisotopic (exact) mass is 259 g/mol. The molecule has 0 atom stereocenters. The third-order valence-electron chi connectivity index (χ3n) is 2.85. The Hall–Kier alpha value is -2.10. The minimum Gasteiger partial charge on any atom is -0.423 e. The molecule has 1 aromatic rings. The van der Waals surface area contributed by atoms with Gasteiger partial charge >= 0.3 is 5.97 Å². The molecule has 4 nitrogen and oxygen atoms in total. The van der Waals surface area contributed by atoms with Crippen LogP contribution in [0.2, 0.25) is 0 Å². The van der Waals surface area contributed by atoms with Crippen LogP contribution in [0, 0.1) is 0 Å². The Kier molecular flexibility index (Phi) is 4.00. The first kappa shape index (κ1) is 13.3. The van der Waals surface area contributed by atoms with Gasteiger partial charge in [-0.15, -0.1) is 0 Å². The lowest BCUT2D eigenvalue weighted by atomic mass is 10.3. The van der Waals surface area contributed by atoms with E-state index in [0.717, 1.165) is 24.2 Å². The summed E-state index contributed by atoms with van der Waals surface area (Å²) in [5, 5.41) is 0. The lowest BCUT2D eigenvalue weighted by Gasteiger charge is -2.15. The number of rotatable bonds is 3. The second-order valence-electron chi connectivity index (χ2n) is 4.79. The van der Waals surface area contributed by atoms with Crippen LogP contribution < -0.4 is 9.64 Å². The van der Waals surface area contributed by atoms with Gasteiger partial charge in [-0.1, -0.05) is 5.57 Å². The van der Waals surface area contributed by atoms with Gasteiger partial charge in [0.05, 0.1) is 0 Å². The van der Waals surface area contributed by atoms with Gasteiger partial charge in [-0.25, -0.2) is 4.79 Å². The van der Waals surface area contributed by atoms with Crippen molar-refractivity contribution in [1.29, 1.82) is 0 Å². The first-order valence-electron chi connectivity index (χ1n) is 6.33. The van der Waals surface area contributed by atoms with Gasteiger partial charge in [0, 0.05) is 24.7 Å². The fraction of sp³-hybridized carbons (Fsp3) is 0.333.